The highest BCUT2D eigenvalue weighted by molar-refractivity contribution is 6.10. The molecule has 3 heteroatoms. The smallest absolute Gasteiger partial charge is 0.172 e. The van der Waals surface area contributed by atoms with Crippen LogP contribution >= 0.6 is 0 Å². The Kier molecular flexibility index (Phi) is 3.57. The molecule has 106 valence electrons. The van der Waals surface area contributed by atoms with Crippen LogP contribution in [-0.2, 0) is 0 Å². The van der Waals surface area contributed by atoms with E-state index in [1.807, 2.05) is 37.3 Å². The third-order valence-electron chi connectivity index (χ3n) is 3.84. The van der Waals surface area contributed by atoms with Gasteiger partial charge >= 0.3 is 0 Å². The maximum atomic E-state index is 13.2. The molecule has 0 aliphatic rings. The van der Waals surface area contributed by atoms with Crippen LogP contribution in [0.1, 0.15) is 35.2 Å². The van der Waals surface area contributed by atoms with Crippen molar-refractivity contribution in [1.82, 2.24) is 4.98 Å². The molecule has 21 heavy (non-hydrogen) atoms. The number of aromatic nitrogens is 1. The number of H-pyrrole nitrogens is 1. The van der Waals surface area contributed by atoms with Gasteiger partial charge in [0.25, 0.3) is 0 Å². The minimum atomic E-state index is -0.307. The molecule has 3 aromatic rings. The minimum absolute atomic E-state index is 0.0709. The Morgan fingerprint density at radius 2 is 1.95 bits per heavy atom. The van der Waals surface area contributed by atoms with E-state index in [9.17, 15) is 9.18 Å². The van der Waals surface area contributed by atoms with Crippen molar-refractivity contribution < 1.29 is 9.18 Å². The first-order valence-corrected chi connectivity index (χ1v) is 7.06. The van der Waals surface area contributed by atoms with E-state index < -0.39 is 0 Å². The van der Waals surface area contributed by atoms with Crippen molar-refractivity contribution in [3.63, 3.8) is 0 Å². The van der Waals surface area contributed by atoms with E-state index in [0.29, 0.717) is 11.1 Å². The average molecular weight is 281 g/mol. The lowest BCUT2D eigenvalue weighted by Crippen LogP contribution is -2.11. The molecule has 0 radical (unpaired) electrons. The molecule has 1 N–H and O–H groups in total. The summed E-state index contributed by atoms with van der Waals surface area (Å²) >= 11 is 0. The average Bonchev–Trinajstić information content (AvgIpc) is 2.92. The van der Waals surface area contributed by atoms with Crippen LogP contribution in [0, 0.1) is 5.82 Å². The number of fused-ring (bicyclic) bond motifs is 1. The van der Waals surface area contributed by atoms with Gasteiger partial charge in [0.05, 0.1) is 0 Å². The molecule has 0 aliphatic heterocycles. The van der Waals surface area contributed by atoms with Gasteiger partial charge in [-0.15, -0.1) is 0 Å². The third-order valence-corrected chi connectivity index (χ3v) is 3.84. The van der Waals surface area contributed by atoms with Crippen LogP contribution in [-0.4, -0.2) is 10.8 Å². The number of hydrogen-bond acceptors (Lipinski definition) is 1. The number of nitrogens with one attached hydrogen (secondary N) is 1. The van der Waals surface area contributed by atoms with Gasteiger partial charge in [0, 0.05) is 28.6 Å². The fraction of sp³-hybridized carbons (Fsp3) is 0.167. The van der Waals surface area contributed by atoms with Crippen LogP contribution in [0.5, 0.6) is 0 Å². The van der Waals surface area contributed by atoms with Crippen LogP contribution in [0.4, 0.5) is 4.39 Å². The van der Waals surface area contributed by atoms with Gasteiger partial charge in [0.1, 0.15) is 5.82 Å². The summed E-state index contributed by atoms with van der Waals surface area (Å²) in [6.45, 7) is 2.00. The van der Waals surface area contributed by atoms with Crippen LogP contribution in [0.25, 0.3) is 10.9 Å². The van der Waals surface area contributed by atoms with Crippen molar-refractivity contribution in [3.05, 3.63) is 71.7 Å². The Morgan fingerprint density at radius 1 is 1.19 bits per heavy atom. The number of Topliss-reactive ketones (excluding diaryl/α,β-unsaturated/α-hetero) is 1. The number of halogens is 1. The minimum Gasteiger partial charge on any atom is -0.360 e. The molecule has 1 aromatic heterocycles. The van der Waals surface area contributed by atoms with Gasteiger partial charge in [-0.2, -0.15) is 0 Å². The lowest BCUT2D eigenvalue weighted by molar-refractivity contribution is 0.0959. The zero-order valence-electron chi connectivity index (χ0n) is 11.8. The van der Waals surface area contributed by atoms with Crippen molar-refractivity contribution in [1.29, 1.82) is 0 Å². The SMILES string of the molecule is CCC(C(=O)c1c[nH]c2cc(F)ccc12)c1ccccc1. The van der Waals surface area contributed by atoms with Gasteiger partial charge in [0.15, 0.2) is 5.78 Å². The molecule has 0 spiro atoms. The molecule has 3 rings (SSSR count). The topological polar surface area (TPSA) is 32.9 Å². The predicted octanol–water partition coefficient (Wildman–Crippen LogP) is 4.68. The third kappa shape index (κ3) is 2.47. The molecular weight excluding hydrogens is 265 g/mol. The zero-order valence-corrected chi connectivity index (χ0v) is 11.8. The largest absolute Gasteiger partial charge is 0.360 e. The Hall–Kier alpha value is -2.42. The van der Waals surface area contributed by atoms with Crippen LogP contribution < -0.4 is 0 Å². The monoisotopic (exact) mass is 281 g/mol. The first-order valence-electron chi connectivity index (χ1n) is 7.06. The van der Waals surface area contributed by atoms with Gasteiger partial charge < -0.3 is 4.98 Å². The van der Waals surface area contributed by atoms with Gasteiger partial charge in [-0.05, 0) is 30.2 Å². The second-order valence-corrected chi connectivity index (χ2v) is 5.13. The molecule has 0 fully saturated rings. The van der Waals surface area contributed by atoms with Crippen LogP contribution in [0.15, 0.2) is 54.7 Å². The van der Waals surface area contributed by atoms with Gasteiger partial charge in [-0.1, -0.05) is 37.3 Å². The van der Waals surface area contributed by atoms with E-state index in [-0.39, 0.29) is 17.5 Å². The van der Waals surface area contributed by atoms with Crippen molar-refractivity contribution >= 4 is 16.7 Å². The summed E-state index contributed by atoms with van der Waals surface area (Å²) in [5.74, 6) is -0.407. The quantitative estimate of drug-likeness (QED) is 0.692. The normalized spacial score (nSPS) is 12.5. The van der Waals surface area contributed by atoms with E-state index in [0.717, 1.165) is 17.4 Å². The highest BCUT2D eigenvalue weighted by Gasteiger charge is 2.22. The number of hydrogen-bond donors (Lipinski definition) is 1. The lowest BCUT2D eigenvalue weighted by atomic mass is 9.88. The second kappa shape index (κ2) is 5.52. The second-order valence-electron chi connectivity index (χ2n) is 5.13. The van der Waals surface area contributed by atoms with Crippen molar-refractivity contribution in [2.75, 3.05) is 0 Å². The fourth-order valence-corrected chi connectivity index (χ4v) is 2.75. The predicted molar refractivity (Wildman–Crippen MR) is 82.1 cm³/mol. The first kappa shape index (κ1) is 13.6. The number of rotatable bonds is 4. The Labute approximate surface area is 122 Å². The zero-order chi connectivity index (χ0) is 14.8. The highest BCUT2D eigenvalue weighted by atomic mass is 19.1. The maximum Gasteiger partial charge on any atom is 0.172 e. The molecule has 1 unspecified atom stereocenters. The van der Waals surface area contributed by atoms with Crippen molar-refractivity contribution in [3.8, 4) is 0 Å². The number of aromatic amines is 1. The molecule has 0 aliphatic carbocycles. The molecule has 2 nitrogen and oxygen atoms in total. The molecule has 1 heterocycles. The van der Waals surface area contributed by atoms with Crippen LogP contribution in [0.2, 0.25) is 0 Å². The summed E-state index contributed by atoms with van der Waals surface area (Å²) in [6.07, 6.45) is 2.41. The van der Waals surface area contributed by atoms with Crippen molar-refractivity contribution in [2.24, 2.45) is 0 Å². The summed E-state index contributed by atoms with van der Waals surface area (Å²) in [6, 6.07) is 14.2. The first-order chi connectivity index (χ1) is 10.2. The van der Waals surface area contributed by atoms with E-state index in [2.05, 4.69) is 4.98 Å². The molecule has 0 bridgehead atoms. The molecule has 0 amide bonds. The summed E-state index contributed by atoms with van der Waals surface area (Å²) < 4.78 is 13.2. The summed E-state index contributed by atoms with van der Waals surface area (Å²) in [5, 5.41) is 0.774. The van der Waals surface area contributed by atoms with E-state index in [1.165, 1.54) is 12.1 Å². The molecular formula is C18H16FNO. The Morgan fingerprint density at radius 3 is 2.67 bits per heavy atom. The fourth-order valence-electron chi connectivity index (χ4n) is 2.75. The van der Waals surface area contributed by atoms with Crippen LogP contribution in [0.3, 0.4) is 0 Å². The van der Waals surface area contributed by atoms with Crippen molar-refractivity contribution in [2.45, 2.75) is 19.3 Å². The number of benzene rings is 2. The van der Waals surface area contributed by atoms with Gasteiger partial charge in [-0.25, -0.2) is 4.39 Å². The number of ketones is 1. The lowest BCUT2D eigenvalue weighted by Gasteiger charge is -2.13. The highest BCUT2D eigenvalue weighted by Crippen LogP contribution is 2.28. The Bertz CT molecular complexity index is 776. The summed E-state index contributed by atoms with van der Waals surface area (Å²) in [4.78, 5) is 15.8. The van der Waals surface area contributed by atoms with Gasteiger partial charge in [-0.3, -0.25) is 4.79 Å². The molecule has 0 saturated heterocycles. The van der Waals surface area contributed by atoms with E-state index in [4.69, 9.17) is 0 Å². The molecule has 2 aromatic carbocycles. The standard InChI is InChI=1S/C18H16FNO/c1-2-14(12-6-4-3-5-7-12)18(21)16-11-20-17-10-13(19)8-9-15(16)17/h3-11,14,20H,2H2,1H3. The summed E-state index contributed by atoms with van der Waals surface area (Å²) in [7, 11) is 0. The molecule has 0 saturated carbocycles. The summed E-state index contributed by atoms with van der Waals surface area (Å²) in [5.41, 5.74) is 2.29. The number of carbonyl (C=O) groups is 1. The number of carbonyl (C=O) groups excluding carboxylic acids is 1. The van der Waals surface area contributed by atoms with E-state index >= 15 is 0 Å². The Balaban J connectivity index is 2.03. The van der Waals surface area contributed by atoms with E-state index in [1.54, 1.807) is 12.3 Å². The molecule has 1 atom stereocenters. The maximum absolute atomic E-state index is 13.2. The van der Waals surface area contributed by atoms with Gasteiger partial charge in [0.2, 0.25) is 0 Å².